The van der Waals surface area contributed by atoms with E-state index in [4.69, 9.17) is 0 Å². The summed E-state index contributed by atoms with van der Waals surface area (Å²) in [6.07, 6.45) is -4.82. The lowest BCUT2D eigenvalue weighted by atomic mass is 9.93. The first-order valence-electron chi connectivity index (χ1n) is 16.3. The quantitative estimate of drug-likeness (QED) is 0.191. The van der Waals surface area contributed by atoms with Crippen molar-refractivity contribution in [3.63, 3.8) is 0 Å². The second kappa shape index (κ2) is 14.0. The summed E-state index contributed by atoms with van der Waals surface area (Å²) in [5, 5.41) is 2.10. The number of sulfone groups is 1. The van der Waals surface area contributed by atoms with Crippen molar-refractivity contribution in [2.24, 2.45) is 0 Å². The highest BCUT2D eigenvalue weighted by Gasteiger charge is 2.43. The minimum Gasteiger partial charge on any atom is -0.337 e. The SMILES string of the molecule is CS(=O)(=O)c1ccc2nc(-c3cccc(C(F)(F)F)c3)c(CN3CCC(N4CCCC4)CC3)c(C(=O)N[C@H](c3ccccc3)C(F)(F)F)c2c1. The number of hydrogen-bond donors (Lipinski definition) is 1. The van der Waals surface area contributed by atoms with Crippen LogP contribution in [0.5, 0.6) is 0 Å². The first-order valence-corrected chi connectivity index (χ1v) is 18.2. The van der Waals surface area contributed by atoms with Crippen LogP contribution in [0.15, 0.2) is 77.7 Å². The number of carbonyl (C=O) groups excluding carboxylic acids is 1. The molecule has 6 rings (SSSR count). The van der Waals surface area contributed by atoms with Gasteiger partial charge >= 0.3 is 12.4 Å². The molecule has 0 radical (unpaired) electrons. The predicted molar refractivity (Wildman–Crippen MR) is 177 cm³/mol. The molecular formula is C36H36F6N4O3S. The van der Waals surface area contributed by atoms with Gasteiger partial charge in [0.2, 0.25) is 0 Å². The number of benzene rings is 3. The van der Waals surface area contributed by atoms with Crippen LogP contribution in [-0.2, 0) is 22.6 Å². The van der Waals surface area contributed by atoms with E-state index in [1.807, 2.05) is 4.90 Å². The molecule has 14 heteroatoms. The van der Waals surface area contributed by atoms with Gasteiger partial charge in [0.15, 0.2) is 15.9 Å². The summed E-state index contributed by atoms with van der Waals surface area (Å²) in [6, 6.07) is 12.9. The molecule has 1 N–H and O–H groups in total. The Labute approximate surface area is 286 Å². The van der Waals surface area contributed by atoms with Crippen molar-refractivity contribution in [2.45, 2.75) is 61.6 Å². The number of alkyl halides is 6. The fourth-order valence-corrected chi connectivity index (χ4v) is 7.63. The third-order valence-corrected chi connectivity index (χ3v) is 10.6. The number of likely N-dealkylation sites (tertiary alicyclic amines) is 2. The van der Waals surface area contributed by atoms with Crippen LogP contribution < -0.4 is 5.32 Å². The highest BCUT2D eigenvalue weighted by atomic mass is 32.2. The Kier molecular flexibility index (Phi) is 9.99. The molecule has 4 aromatic rings. The minimum atomic E-state index is -4.92. The lowest BCUT2D eigenvalue weighted by molar-refractivity contribution is -0.155. The lowest BCUT2D eigenvalue weighted by Crippen LogP contribution is -2.44. The van der Waals surface area contributed by atoms with Crippen molar-refractivity contribution >= 4 is 26.6 Å². The number of aromatic nitrogens is 1. The summed E-state index contributed by atoms with van der Waals surface area (Å²) in [6.45, 7) is 3.14. The summed E-state index contributed by atoms with van der Waals surface area (Å²) >= 11 is 0. The molecule has 3 heterocycles. The Balaban J connectivity index is 1.54. The molecule has 7 nitrogen and oxygen atoms in total. The van der Waals surface area contributed by atoms with Gasteiger partial charge in [0.05, 0.1) is 27.2 Å². The van der Waals surface area contributed by atoms with E-state index in [9.17, 15) is 39.6 Å². The van der Waals surface area contributed by atoms with Gasteiger partial charge in [-0.15, -0.1) is 0 Å². The first-order chi connectivity index (χ1) is 23.6. The summed E-state index contributed by atoms with van der Waals surface area (Å²) < 4.78 is 111. The standard InChI is InChI=1S/C36H36F6N4O3S/c1-50(48,49)27-12-13-30-28(21-27)31(34(47)44-33(36(40,41)42)23-8-3-2-4-9-23)29(22-45-18-14-26(15-19-45)46-16-5-6-17-46)32(43-30)24-10-7-11-25(20-24)35(37,38)39/h2-4,7-13,20-21,26,33H,5-6,14-19,22H2,1H3,(H,44,47)/t33-/m1/s1. The topological polar surface area (TPSA) is 82.6 Å². The van der Waals surface area contributed by atoms with E-state index < -0.39 is 39.7 Å². The molecule has 3 aromatic carbocycles. The zero-order valence-electron chi connectivity index (χ0n) is 27.2. The van der Waals surface area contributed by atoms with Crippen molar-refractivity contribution < 1.29 is 39.6 Å². The van der Waals surface area contributed by atoms with Crippen LogP contribution in [0.25, 0.3) is 22.2 Å². The summed E-state index contributed by atoms with van der Waals surface area (Å²) in [7, 11) is -3.84. The number of amides is 1. The molecule has 2 fully saturated rings. The zero-order chi connectivity index (χ0) is 35.8. The van der Waals surface area contributed by atoms with E-state index in [-0.39, 0.29) is 50.3 Å². The van der Waals surface area contributed by atoms with E-state index in [0.29, 0.717) is 19.1 Å². The molecule has 0 saturated carbocycles. The van der Waals surface area contributed by atoms with Crippen molar-refractivity contribution in [1.82, 2.24) is 20.1 Å². The van der Waals surface area contributed by atoms with Crippen LogP contribution >= 0.6 is 0 Å². The molecule has 0 bridgehead atoms. The van der Waals surface area contributed by atoms with Gasteiger partial charge in [-0.1, -0.05) is 42.5 Å². The maximum atomic E-state index is 14.5. The number of nitrogens with one attached hydrogen (secondary N) is 1. The van der Waals surface area contributed by atoms with E-state index in [1.54, 1.807) is 0 Å². The Morgan fingerprint density at radius 3 is 2.20 bits per heavy atom. The van der Waals surface area contributed by atoms with Crippen LogP contribution in [0.3, 0.4) is 0 Å². The Morgan fingerprint density at radius 1 is 0.900 bits per heavy atom. The Hall–Kier alpha value is -4.01. The van der Waals surface area contributed by atoms with Crippen LogP contribution in [0.4, 0.5) is 26.3 Å². The van der Waals surface area contributed by atoms with Crippen molar-refractivity contribution in [3.8, 4) is 11.3 Å². The van der Waals surface area contributed by atoms with Gasteiger partial charge in [0.1, 0.15) is 0 Å². The molecule has 1 atom stereocenters. The van der Waals surface area contributed by atoms with E-state index >= 15 is 0 Å². The number of halogens is 6. The number of nitrogens with zero attached hydrogens (tertiary/aromatic N) is 3. The number of piperidine rings is 1. The fraction of sp³-hybridized carbons (Fsp3) is 0.389. The molecule has 2 aliphatic rings. The normalized spacial score (nSPS) is 17.7. The smallest absolute Gasteiger partial charge is 0.337 e. The van der Waals surface area contributed by atoms with Crippen molar-refractivity contribution in [1.29, 1.82) is 0 Å². The maximum Gasteiger partial charge on any atom is 0.416 e. The predicted octanol–water partition coefficient (Wildman–Crippen LogP) is 7.42. The monoisotopic (exact) mass is 718 g/mol. The number of carbonyl (C=O) groups is 1. The molecule has 2 aliphatic heterocycles. The Morgan fingerprint density at radius 2 is 1.58 bits per heavy atom. The summed E-state index contributed by atoms with van der Waals surface area (Å²) in [5.74, 6) is -1.16. The minimum absolute atomic E-state index is 0.00853. The highest BCUT2D eigenvalue weighted by Crippen LogP contribution is 2.38. The van der Waals surface area contributed by atoms with Crippen molar-refractivity contribution in [3.05, 3.63) is 95.1 Å². The van der Waals surface area contributed by atoms with Gasteiger partial charge in [-0.05, 0) is 87.8 Å². The van der Waals surface area contributed by atoms with Gasteiger partial charge in [-0.2, -0.15) is 26.3 Å². The lowest BCUT2D eigenvalue weighted by Gasteiger charge is -2.37. The molecule has 1 aromatic heterocycles. The average Bonchev–Trinajstić information content (AvgIpc) is 3.61. The number of rotatable bonds is 8. The van der Waals surface area contributed by atoms with E-state index in [0.717, 1.165) is 57.2 Å². The van der Waals surface area contributed by atoms with Crippen LogP contribution in [0.1, 0.15) is 58.8 Å². The second-order valence-electron chi connectivity index (χ2n) is 13.0. The highest BCUT2D eigenvalue weighted by molar-refractivity contribution is 7.90. The van der Waals surface area contributed by atoms with Crippen LogP contribution in [0, 0.1) is 0 Å². The molecule has 0 aliphatic carbocycles. The maximum absolute atomic E-state index is 14.5. The van der Waals surface area contributed by atoms with Crippen LogP contribution in [0.2, 0.25) is 0 Å². The number of fused-ring (bicyclic) bond motifs is 1. The summed E-state index contributed by atoms with van der Waals surface area (Å²) in [4.78, 5) is 23.3. The molecule has 2 saturated heterocycles. The molecule has 0 unspecified atom stereocenters. The van der Waals surface area contributed by atoms with Gasteiger partial charge < -0.3 is 10.2 Å². The first kappa shape index (κ1) is 35.8. The number of hydrogen-bond acceptors (Lipinski definition) is 6. The molecule has 266 valence electrons. The largest absolute Gasteiger partial charge is 0.416 e. The van der Waals surface area contributed by atoms with Gasteiger partial charge in [-0.3, -0.25) is 9.69 Å². The average molecular weight is 719 g/mol. The van der Waals surface area contributed by atoms with E-state index in [1.165, 1.54) is 60.7 Å². The second-order valence-corrected chi connectivity index (χ2v) is 15.0. The van der Waals surface area contributed by atoms with Crippen LogP contribution in [-0.4, -0.2) is 73.8 Å². The summed E-state index contributed by atoms with van der Waals surface area (Å²) in [5.41, 5.74) is -1.32. The van der Waals surface area contributed by atoms with Gasteiger partial charge in [0.25, 0.3) is 5.91 Å². The molecule has 0 spiro atoms. The van der Waals surface area contributed by atoms with Gasteiger partial charge in [0, 0.05) is 35.4 Å². The third kappa shape index (κ3) is 7.82. The van der Waals surface area contributed by atoms with Crippen molar-refractivity contribution in [2.75, 3.05) is 32.4 Å². The molecule has 50 heavy (non-hydrogen) atoms. The van der Waals surface area contributed by atoms with E-state index in [2.05, 4.69) is 15.2 Å². The fourth-order valence-electron chi connectivity index (χ4n) is 6.98. The number of pyridine rings is 1. The third-order valence-electron chi connectivity index (χ3n) is 9.51. The molecule has 1 amide bonds. The molecular weight excluding hydrogens is 682 g/mol. The Bertz CT molecular complexity index is 1970. The zero-order valence-corrected chi connectivity index (χ0v) is 28.0. The van der Waals surface area contributed by atoms with Gasteiger partial charge in [-0.25, -0.2) is 13.4 Å².